The lowest BCUT2D eigenvalue weighted by atomic mass is 9.78. The van der Waals surface area contributed by atoms with Crippen molar-refractivity contribution in [2.24, 2.45) is 11.8 Å². The van der Waals surface area contributed by atoms with Crippen molar-refractivity contribution in [2.75, 3.05) is 0 Å². The monoisotopic (exact) mass is 384 g/mol. The Morgan fingerprint density at radius 2 is 1.93 bits per heavy atom. The van der Waals surface area contributed by atoms with Crippen molar-refractivity contribution in [3.05, 3.63) is 41.8 Å². The first-order valence-corrected chi connectivity index (χ1v) is 9.91. The van der Waals surface area contributed by atoms with E-state index in [2.05, 4.69) is 24.1 Å². The molecule has 1 aliphatic rings. The molecule has 6 heteroatoms. The molecule has 0 radical (unpaired) electrons. The number of nitrogens with one attached hydrogen (secondary N) is 1. The number of rotatable bonds is 5. The largest absolute Gasteiger partial charge is 0.448 e. The zero-order valence-corrected chi connectivity index (χ0v) is 16.9. The second-order valence-electron chi connectivity index (χ2n) is 7.72. The average molecular weight is 384 g/mol. The van der Waals surface area contributed by atoms with E-state index in [1.165, 1.54) is 6.42 Å². The number of nitrogens with zero attached hydrogens (tertiary/aromatic N) is 1. The number of carbonyl (C=O) groups excluding carboxylic acids is 2. The maximum Gasteiger partial charge on any atom is 0.361 e. The summed E-state index contributed by atoms with van der Waals surface area (Å²) in [4.78, 5) is 29.3. The number of aryl methyl sites for hydroxylation is 1. The normalized spacial score (nSPS) is 23.1. The Kier molecular flexibility index (Phi) is 6.17. The third kappa shape index (κ3) is 4.43. The molecular weight excluding hydrogens is 356 g/mol. The second-order valence-corrected chi connectivity index (χ2v) is 7.72. The fraction of sp³-hybridized carbons (Fsp3) is 0.500. The van der Waals surface area contributed by atoms with Crippen molar-refractivity contribution in [2.45, 2.75) is 59.1 Å². The van der Waals surface area contributed by atoms with E-state index >= 15 is 0 Å². The van der Waals surface area contributed by atoms with Gasteiger partial charge in [-0.3, -0.25) is 4.79 Å². The molecule has 2 aromatic rings. The Hall–Kier alpha value is -2.63. The highest BCUT2D eigenvalue weighted by molar-refractivity contribution is 5.91. The zero-order valence-electron chi connectivity index (χ0n) is 16.9. The van der Waals surface area contributed by atoms with Gasteiger partial charge in [-0.25, -0.2) is 9.78 Å². The van der Waals surface area contributed by atoms with Crippen molar-refractivity contribution >= 4 is 11.9 Å². The quantitative estimate of drug-likeness (QED) is 0.784. The molecule has 0 spiro atoms. The molecule has 3 rings (SSSR count). The highest BCUT2D eigenvalue weighted by Gasteiger charge is 2.31. The smallest absolute Gasteiger partial charge is 0.361 e. The van der Waals surface area contributed by atoms with Crippen LogP contribution >= 0.6 is 0 Å². The van der Waals surface area contributed by atoms with E-state index in [0.717, 1.165) is 18.4 Å². The molecule has 1 heterocycles. The summed E-state index contributed by atoms with van der Waals surface area (Å²) in [6.07, 6.45) is 2.35. The molecule has 1 saturated carbocycles. The molecule has 1 fully saturated rings. The third-order valence-electron chi connectivity index (χ3n) is 5.70. The first-order chi connectivity index (χ1) is 13.4. The molecule has 0 bridgehead atoms. The van der Waals surface area contributed by atoms with Gasteiger partial charge in [-0.15, -0.1) is 0 Å². The summed E-state index contributed by atoms with van der Waals surface area (Å²) in [6.45, 7) is 7.61. The minimum Gasteiger partial charge on any atom is -0.448 e. The highest BCUT2D eigenvalue weighted by atomic mass is 16.5. The van der Waals surface area contributed by atoms with E-state index in [9.17, 15) is 9.59 Å². The van der Waals surface area contributed by atoms with Gasteiger partial charge in [0.15, 0.2) is 11.8 Å². The van der Waals surface area contributed by atoms with E-state index < -0.39 is 12.1 Å². The minimum absolute atomic E-state index is 0.0955. The average Bonchev–Trinajstić information content (AvgIpc) is 3.08. The van der Waals surface area contributed by atoms with E-state index in [-0.39, 0.29) is 17.6 Å². The van der Waals surface area contributed by atoms with Gasteiger partial charge in [0.1, 0.15) is 5.76 Å². The first kappa shape index (κ1) is 20.1. The van der Waals surface area contributed by atoms with E-state index in [0.29, 0.717) is 23.5 Å². The van der Waals surface area contributed by atoms with Crippen LogP contribution in [0.25, 0.3) is 11.5 Å². The van der Waals surface area contributed by atoms with Gasteiger partial charge < -0.3 is 14.5 Å². The topological polar surface area (TPSA) is 81.4 Å². The maximum atomic E-state index is 12.5. The van der Waals surface area contributed by atoms with Gasteiger partial charge >= 0.3 is 5.97 Å². The Balaban J connectivity index is 1.62. The van der Waals surface area contributed by atoms with Crippen LogP contribution in [0.5, 0.6) is 0 Å². The molecule has 1 aromatic heterocycles. The van der Waals surface area contributed by atoms with Crippen LogP contribution in [0.15, 0.2) is 34.7 Å². The third-order valence-corrected chi connectivity index (χ3v) is 5.70. The SMILES string of the molecule is Cc1oc(-c2ccccc2)nc1C(=O)O[C@H](C)C(=O)N[C@@H]1CCC[C@H](C)[C@@H]1C. The summed E-state index contributed by atoms with van der Waals surface area (Å²) in [5.41, 5.74) is 0.869. The number of oxazole rings is 1. The van der Waals surface area contributed by atoms with Crippen LogP contribution in [0.2, 0.25) is 0 Å². The van der Waals surface area contributed by atoms with Crippen LogP contribution in [-0.2, 0) is 9.53 Å². The van der Waals surface area contributed by atoms with Gasteiger partial charge in [0.05, 0.1) is 0 Å². The molecule has 1 amide bonds. The summed E-state index contributed by atoms with van der Waals surface area (Å²) >= 11 is 0. The van der Waals surface area contributed by atoms with Crippen molar-refractivity contribution in [1.29, 1.82) is 0 Å². The van der Waals surface area contributed by atoms with Crippen LogP contribution in [0.1, 0.15) is 56.3 Å². The molecule has 0 saturated heterocycles. The number of benzene rings is 1. The summed E-state index contributed by atoms with van der Waals surface area (Å²) in [7, 11) is 0. The number of hydrogen-bond donors (Lipinski definition) is 1. The fourth-order valence-electron chi connectivity index (χ4n) is 3.65. The number of esters is 1. The molecule has 4 atom stereocenters. The van der Waals surface area contributed by atoms with Crippen LogP contribution in [0.4, 0.5) is 0 Å². The maximum absolute atomic E-state index is 12.5. The van der Waals surface area contributed by atoms with Crippen LogP contribution in [0.3, 0.4) is 0 Å². The predicted molar refractivity (Wildman–Crippen MR) is 106 cm³/mol. The molecule has 28 heavy (non-hydrogen) atoms. The molecule has 0 unspecified atom stereocenters. The van der Waals surface area contributed by atoms with Gasteiger partial charge in [-0.1, -0.05) is 44.9 Å². The van der Waals surface area contributed by atoms with E-state index in [1.807, 2.05) is 30.3 Å². The summed E-state index contributed by atoms with van der Waals surface area (Å²) < 4.78 is 11.0. The Labute approximate surface area is 165 Å². The molecule has 6 nitrogen and oxygen atoms in total. The first-order valence-electron chi connectivity index (χ1n) is 9.91. The number of ether oxygens (including phenoxy) is 1. The van der Waals surface area contributed by atoms with Crippen molar-refractivity contribution in [1.82, 2.24) is 10.3 Å². The van der Waals surface area contributed by atoms with E-state index in [1.54, 1.807) is 13.8 Å². The lowest BCUT2D eigenvalue weighted by molar-refractivity contribution is -0.130. The predicted octanol–water partition coefficient (Wildman–Crippen LogP) is 4.14. The van der Waals surface area contributed by atoms with Crippen molar-refractivity contribution in [3.63, 3.8) is 0 Å². The Bertz CT molecular complexity index is 830. The van der Waals surface area contributed by atoms with Gasteiger partial charge in [-0.05, 0) is 44.2 Å². The number of aromatic nitrogens is 1. The fourth-order valence-corrected chi connectivity index (χ4v) is 3.65. The van der Waals surface area contributed by atoms with Gasteiger partial charge in [-0.2, -0.15) is 0 Å². The lowest BCUT2D eigenvalue weighted by Crippen LogP contribution is -2.47. The molecule has 1 aromatic carbocycles. The number of carbonyl (C=O) groups is 2. The minimum atomic E-state index is -0.895. The van der Waals surface area contributed by atoms with Crippen LogP contribution in [0, 0.1) is 18.8 Å². The second kappa shape index (κ2) is 8.59. The zero-order chi connectivity index (χ0) is 20.3. The van der Waals surface area contributed by atoms with Crippen LogP contribution in [-0.4, -0.2) is 29.0 Å². The van der Waals surface area contributed by atoms with Crippen molar-refractivity contribution in [3.8, 4) is 11.5 Å². The van der Waals surface area contributed by atoms with Gasteiger partial charge in [0.2, 0.25) is 5.89 Å². The number of amides is 1. The molecule has 150 valence electrons. The molecule has 1 aliphatic carbocycles. The van der Waals surface area contributed by atoms with Crippen molar-refractivity contribution < 1.29 is 18.7 Å². The molecule has 1 N–H and O–H groups in total. The summed E-state index contributed by atoms with van der Waals surface area (Å²) in [6, 6.07) is 9.45. The molecular formula is C22H28N2O4. The van der Waals surface area contributed by atoms with E-state index in [4.69, 9.17) is 9.15 Å². The summed E-state index contributed by atoms with van der Waals surface area (Å²) in [5, 5.41) is 3.04. The lowest BCUT2D eigenvalue weighted by Gasteiger charge is -2.35. The number of hydrogen-bond acceptors (Lipinski definition) is 5. The molecule has 0 aliphatic heterocycles. The van der Waals surface area contributed by atoms with Gasteiger partial charge in [0, 0.05) is 11.6 Å². The standard InChI is InChI=1S/C22H28N2O4/c1-13-9-8-12-18(14(13)2)23-20(25)16(4)28-22(26)19-15(3)27-21(24-19)17-10-6-5-7-11-17/h5-7,10-11,13-14,16,18H,8-9,12H2,1-4H3,(H,23,25)/t13-,14-,16+,18+/m0/s1. The van der Waals surface area contributed by atoms with Crippen LogP contribution < -0.4 is 5.32 Å². The Morgan fingerprint density at radius 1 is 1.21 bits per heavy atom. The highest BCUT2D eigenvalue weighted by Crippen LogP contribution is 2.29. The Morgan fingerprint density at radius 3 is 2.64 bits per heavy atom. The summed E-state index contributed by atoms with van der Waals surface area (Å²) in [5.74, 6) is 0.774. The van der Waals surface area contributed by atoms with Gasteiger partial charge in [0.25, 0.3) is 5.91 Å².